The van der Waals surface area contributed by atoms with E-state index in [1.54, 1.807) is 0 Å². The maximum atomic E-state index is 11.5. The fourth-order valence-electron chi connectivity index (χ4n) is 4.93. The summed E-state index contributed by atoms with van der Waals surface area (Å²) in [4.78, 5) is 0. The molecule has 1 aliphatic carbocycles. The summed E-state index contributed by atoms with van der Waals surface area (Å²) in [6, 6.07) is 8.28. The van der Waals surface area contributed by atoms with Gasteiger partial charge in [0.1, 0.15) is 11.5 Å². The quantitative estimate of drug-likeness (QED) is 0.487. The second-order valence-corrected chi connectivity index (χ2v) is 12.0. The summed E-state index contributed by atoms with van der Waals surface area (Å²) in [6.07, 6.45) is 3.87. The third-order valence-corrected chi connectivity index (χ3v) is 7.03. The van der Waals surface area contributed by atoms with Crippen LogP contribution in [0.1, 0.15) is 107 Å². The van der Waals surface area contributed by atoms with E-state index in [1.165, 1.54) is 0 Å². The van der Waals surface area contributed by atoms with Crippen molar-refractivity contribution < 1.29 is 10.2 Å². The van der Waals surface area contributed by atoms with Gasteiger partial charge in [-0.05, 0) is 67.1 Å². The van der Waals surface area contributed by atoms with Gasteiger partial charge in [0.05, 0.1) is 0 Å². The number of hydrogen-bond donors (Lipinski definition) is 2. The minimum Gasteiger partial charge on any atom is -0.507 e. The molecule has 0 saturated heterocycles. The zero-order chi connectivity index (χ0) is 24.0. The third kappa shape index (κ3) is 4.86. The zero-order valence-corrected chi connectivity index (χ0v) is 21.7. The van der Waals surface area contributed by atoms with E-state index < -0.39 is 0 Å². The lowest BCUT2D eigenvalue weighted by Gasteiger charge is -2.32. The molecule has 174 valence electrons. The Morgan fingerprint density at radius 1 is 0.719 bits per heavy atom. The van der Waals surface area contributed by atoms with Crippen molar-refractivity contribution in [1.82, 2.24) is 0 Å². The number of hydrogen-bond acceptors (Lipinski definition) is 2. The Bertz CT molecular complexity index is 979. The lowest BCUT2D eigenvalue weighted by molar-refractivity contribution is 0.429. The van der Waals surface area contributed by atoms with Gasteiger partial charge < -0.3 is 10.2 Å². The number of phenols is 2. The Morgan fingerprint density at radius 3 is 1.50 bits per heavy atom. The molecule has 0 atom stereocenters. The summed E-state index contributed by atoms with van der Waals surface area (Å²) >= 11 is 6.84. The van der Waals surface area contributed by atoms with Crippen LogP contribution in [-0.2, 0) is 10.8 Å². The van der Waals surface area contributed by atoms with Gasteiger partial charge in [-0.1, -0.05) is 88.5 Å². The highest BCUT2D eigenvalue weighted by molar-refractivity contribution is 6.30. The number of halogens is 1. The van der Waals surface area contributed by atoms with Crippen LogP contribution >= 0.6 is 11.6 Å². The van der Waals surface area contributed by atoms with Crippen LogP contribution in [0, 0.1) is 13.8 Å². The van der Waals surface area contributed by atoms with Gasteiger partial charge in [0.25, 0.3) is 0 Å². The second-order valence-electron chi connectivity index (χ2n) is 11.6. The fraction of sp³-hybridized carbons (Fsp3) is 0.517. The predicted molar refractivity (Wildman–Crippen MR) is 136 cm³/mol. The molecule has 0 fully saturated rings. The number of allylic oxidation sites excluding steroid dienone is 2. The molecular weight excluding hydrogens is 416 g/mol. The van der Waals surface area contributed by atoms with E-state index in [0.29, 0.717) is 11.5 Å². The molecule has 0 saturated carbocycles. The molecule has 1 aliphatic rings. The van der Waals surface area contributed by atoms with Crippen LogP contribution in [0.5, 0.6) is 11.5 Å². The highest BCUT2D eigenvalue weighted by atomic mass is 35.5. The van der Waals surface area contributed by atoms with Crippen molar-refractivity contribution >= 4 is 11.6 Å². The number of rotatable bonds is 3. The van der Waals surface area contributed by atoms with Crippen molar-refractivity contribution in [3.8, 4) is 11.5 Å². The summed E-state index contributed by atoms with van der Waals surface area (Å²) in [5, 5.41) is 24.0. The van der Waals surface area contributed by atoms with Gasteiger partial charge in [0, 0.05) is 22.1 Å². The smallest absolute Gasteiger partial charge is 0.123 e. The molecule has 32 heavy (non-hydrogen) atoms. The van der Waals surface area contributed by atoms with Gasteiger partial charge in [-0.3, -0.25) is 0 Å². The van der Waals surface area contributed by atoms with Crippen molar-refractivity contribution in [3.63, 3.8) is 0 Å². The second kappa shape index (κ2) is 8.78. The average Bonchev–Trinajstić information content (AvgIpc) is 2.66. The SMILES string of the molecule is Cc1cc(C(C2=C(Cl)CCCC2)c2cc(C)cc(C(C)(C)C)c2O)c(O)c(C(C)(C)C)c1. The molecule has 2 nitrogen and oxygen atoms in total. The van der Waals surface area contributed by atoms with Gasteiger partial charge >= 0.3 is 0 Å². The molecule has 0 aliphatic heterocycles. The van der Waals surface area contributed by atoms with E-state index in [2.05, 4.69) is 79.7 Å². The normalized spacial score (nSPS) is 15.6. The summed E-state index contributed by atoms with van der Waals surface area (Å²) in [6.45, 7) is 16.9. The number of aryl methyl sites for hydroxylation is 2. The molecule has 2 N–H and O–H groups in total. The fourth-order valence-corrected chi connectivity index (χ4v) is 5.27. The summed E-state index contributed by atoms with van der Waals surface area (Å²) in [7, 11) is 0. The van der Waals surface area contributed by atoms with E-state index in [9.17, 15) is 10.2 Å². The highest BCUT2D eigenvalue weighted by Gasteiger charge is 2.33. The summed E-state index contributed by atoms with van der Waals surface area (Å²) in [5.74, 6) is 0.354. The molecule has 3 rings (SSSR count). The van der Waals surface area contributed by atoms with Crippen LogP contribution in [-0.4, -0.2) is 10.2 Å². The van der Waals surface area contributed by atoms with Gasteiger partial charge in [0.15, 0.2) is 0 Å². The minimum absolute atomic E-state index is 0.203. The number of phenolic OH excluding ortho intramolecular Hbond substituents is 2. The van der Waals surface area contributed by atoms with Crippen LogP contribution in [0.25, 0.3) is 0 Å². The standard InChI is InChI=1S/C29H39ClO2/c1-17-13-20(26(31)22(15-17)28(3,4)5)25(19-11-9-10-12-24(19)30)21-14-18(2)16-23(27(21)32)29(6,7)8/h13-16,25,31-32H,9-12H2,1-8H3. The van der Waals surface area contributed by atoms with Crippen molar-refractivity contribution in [2.75, 3.05) is 0 Å². The summed E-state index contributed by atoms with van der Waals surface area (Å²) < 4.78 is 0. The minimum atomic E-state index is -0.273. The molecular formula is C29H39ClO2. The molecule has 0 radical (unpaired) electrons. The Labute approximate surface area is 199 Å². The molecule has 0 amide bonds. The first kappa shape index (κ1) is 24.7. The molecule has 2 aromatic carbocycles. The predicted octanol–water partition coefficient (Wildman–Crippen LogP) is 8.51. The average molecular weight is 455 g/mol. The highest BCUT2D eigenvalue weighted by Crippen LogP contribution is 2.50. The van der Waals surface area contributed by atoms with Gasteiger partial charge in [0.2, 0.25) is 0 Å². The number of benzene rings is 2. The molecule has 0 aromatic heterocycles. The number of aromatic hydroxyl groups is 2. The largest absolute Gasteiger partial charge is 0.507 e. The molecule has 0 heterocycles. The van der Waals surface area contributed by atoms with Crippen LogP contribution in [0.3, 0.4) is 0 Å². The van der Waals surface area contributed by atoms with E-state index in [-0.39, 0.29) is 16.7 Å². The third-order valence-electron chi connectivity index (χ3n) is 6.59. The van der Waals surface area contributed by atoms with E-state index in [4.69, 9.17) is 11.6 Å². The van der Waals surface area contributed by atoms with Crippen LogP contribution in [0.15, 0.2) is 34.9 Å². The summed E-state index contributed by atoms with van der Waals surface area (Å²) in [5.41, 5.74) is 6.45. The van der Waals surface area contributed by atoms with Gasteiger partial charge in [-0.15, -0.1) is 0 Å². The van der Waals surface area contributed by atoms with Gasteiger partial charge in [-0.2, -0.15) is 0 Å². The Balaban J connectivity index is 2.40. The first-order chi connectivity index (χ1) is 14.7. The van der Waals surface area contributed by atoms with Crippen molar-refractivity contribution in [3.05, 3.63) is 68.3 Å². The van der Waals surface area contributed by atoms with Crippen LogP contribution < -0.4 is 0 Å². The van der Waals surface area contributed by atoms with Gasteiger partial charge in [-0.25, -0.2) is 0 Å². The molecule has 0 unspecified atom stereocenters. The molecule has 3 heteroatoms. The Morgan fingerprint density at radius 2 is 1.12 bits per heavy atom. The van der Waals surface area contributed by atoms with Crippen LogP contribution in [0.2, 0.25) is 0 Å². The van der Waals surface area contributed by atoms with Crippen molar-refractivity contribution in [1.29, 1.82) is 0 Å². The van der Waals surface area contributed by atoms with Crippen molar-refractivity contribution in [2.45, 2.75) is 97.8 Å². The molecule has 0 bridgehead atoms. The van der Waals surface area contributed by atoms with E-state index in [1.807, 2.05) is 0 Å². The van der Waals surface area contributed by atoms with E-state index in [0.717, 1.165) is 69.7 Å². The Kier molecular flexibility index (Phi) is 6.78. The first-order valence-electron chi connectivity index (χ1n) is 11.8. The monoisotopic (exact) mass is 454 g/mol. The lowest BCUT2D eigenvalue weighted by atomic mass is 9.74. The molecule has 0 spiro atoms. The topological polar surface area (TPSA) is 40.5 Å². The molecule has 2 aromatic rings. The van der Waals surface area contributed by atoms with Crippen LogP contribution in [0.4, 0.5) is 0 Å². The Hall–Kier alpha value is -1.93. The first-order valence-corrected chi connectivity index (χ1v) is 12.1. The van der Waals surface area contributed by atoms with E-state index >= 15 is 0 Å². The van der Waals surface area contributed by atoms with Crippen molar-refractivity contribution in [2.24, 2.45) is 0 Å². The lowest BCUT2D eigenvalue weighted by Crippen LogP contribution is -2.17. The maximum absolute atomic E-state index is 11.5. The zero-order valence-electron chi connectivity index (χ0n) is 21.0. The maximum Gasteiger partial charge on any atom is 0.123 e.